The molecule has 2 rings (SSSR count). The first-order valence-electron chi connectivity index (χ1n) is 7.04. The largest absolute Gasteiger partial charge is 0.376 e. The van der Waals surface area contributed by atoms with Crippen molar-refractivity contribution in [3.63, 3.8) is 0 Å². The summed E-state index contributed by atoms with van der Waals surface area (Å²) >= 11 is 11.9. The molecule has 0 aliphatic heterocycles. The summed E-state index contributed by atoms with van der Waals surface area (Å²) in [5.41, 5.74) is 5.02. The zero-order chi connectivity index (χ0) is 16.7. The van der Waals surface area contributed by atoms with Gasteiger partial charge in [-0.3, -0.25) is 9.78 Å². The van der Waals surface area contributed by atoms with E-state index in [1.807, 2.05) is 24.3 Å². The highest BCUT2D eigenvalue weighted by atomic mass is 35.5. The van der Waals surface area contributed by atoms with Gasteiger partial charge >= 0.3 is 0 Å². The normalized spacial score (nSPS) is 10.7. The van der Waals surface area contributed by atoms with Crippen LogP contribution in [0.3, 0.4) is 0 Å². The van der Waals surface area contributed by atoms with E-state index in [2.05, 4.69) is 27.8 Å². The fraction of sp³-hybridized carbons (Fsp3) is 0.188. The van der Waals surface area contributed by atoms with E-state index < -0.39 is 0 Å². The van der Waals surface area contributed by atoms with Gasteiger partial charge in [0.05, 0.1) is 22.8 Å². The van der Waals surface area contributed by atoms with Gasteiger partial charge in [0.15, 0.2) is 0 Å². The smallest absolute Gasteiger partial charge is 0.259 e. The van der Waals surface area contributed by atoms with Gasteiger partial charge in [0.25, 0.3) is 5.91 Å². The van der Waals surface area contributed by atoms with Crippen molar-refractivity contribution in [1.82, 2.24) is 10.4 Å². The lowest BCUT2D eigenvalue weighted by atomic mass is 10.1. The Kier molecular flexibility index (Phi) is 6.38. The number of halogens is 2. The second-order valence-electron chi connectivity index (χ2n) is 4.67. The third-order valence-corrected chi connectivity index (χ3v) is 3.71. The lowest BCUT2D eigenvalue weighted by Gasteiger charge is -2.09. The third-order valence-electron chi connectivity index (χ3n) is 3.11. The van der Waals surface area contributed by atoms with Crippen molar-refractivity contribution in [2.75, 3.05) is 11.9 Å². The summed E-state index contributed by atoms with van der Waals surface area (Å²) in [7, 11) is 0. The van der Waals surface area contributed by atoms with Gasteiger partial charge in [-0.05, 0) is 18.1 Å². The maximum absolute atomic E-state index is 11.8. The molecule has 1 heterocycles. The van der Waals surface area contributed by atoms with Crippen LogP contribution in [0.5, 0.6) is 0 Å². The van der Waals surface area contributed by atoms with E-state index in [-0.39, 0.29) is 12.5 Å². The van der Waals surface area contributed by atoms with E-state index in [9.17, 15) is 4.79 Å². The van der Waals surface area contributed by atoms with Gasteiger partial charge in [-0.25, -0.2) is 5.43 Å². The number of benzene rings is 1. The van der Waals surface area contributed by atoms with E-state index in [0.29, 0.717) is 15.6 Å². The number of pyridine rings is 1. The average Bonchev–Trinajstić information content (AvgIpc) is 2.56. The molecule has 0 aliphatic carbocycles. The van der Waals surface area contributed by atoms with Crippen molar-refractivity contribution in [2.45, 2.75) is 13.3 Å². The van der Waals surface area contributed by atoms with Crippen LogP contribution >= 0.6 is 23.2 Å². The second kappa shape index (κ2) is 8.50. The maximum Gasteiger partial charge on any atom is 0.259 e. The van der Waals surface area contributed by atoms with E-state index in [1.54, 1.807) is 0 Å². The van der Waals surface area contributed by atoms with E-state index in [4.69, 9.17) is 23.2 Å². The molecule has 0 fully saturated rings. The fourth-order valence-electron chi connectivity index (χ4n) is 1.93. The molecule has 0 saturated carbocycles. The van der Waals surface area contributed by atoms with Crippen LogP contribution in [-0.2, 0) is 11.2 Å². The Morgan fingerprint density at radius 3 is 2.65 bits per heavy atom. The Bertz CT molecular complexity index is 699. The van der Waals surface area contributed by atoms with E-state index in [0.717, 1.165) is 17.7 Å². The Labute approximate surface area is 144 Å². The molecule has 5 nitrogen and oxygen atoms in total. The summed E-state index contributed by atoms with van der Waals surface area (Å²) in [6.45, 7) is 2.18. The monoisotopic (exact) mass is 350 g/mol. The molecule has 120 valence electrons. The maximum atomic E-state index is 11.8. The van der Waals surface area contributed by atoms with Gasteiger partial charge in [-0.15, -0.1) is 0 Å². The predicted molar refractivity (Wildman–Crippen MR) is 94.3 cm³/mol. The molecule has 0 unspecified atom stereocenters. The first kappa shape index (κ1) is 17.2. The van der Waals surface area contributed by atoms with E-state index in [1.165, 1.54) is 18.6 Å². The number of nitrogens with zero attached hydrogens (tertiary/aromatic N) is 2. The molecule has 0 bridgehead atoms. The van der Waals surface area contributed by atoms with E-state index >= 15 is 0 Å². The summed E-state index contributed by atoms with van der Waals surface area (Å²) in [6, 6.07) is 7.85. The highest BCUT2D eigenvalue weighted by molar-refractivity contribution is 6.38. The number of aromatic nitrogens is 1. The number of rotatable bonds is 6. The summed E-state index contributed by atoms with van der Waals surface area (Å²) in [4.78, 5) is 15.7. The number of hydrazone groups is 1. The molecular weight excluding hydrogens is 335 g/mol. The number of nitrogens with one attached hydrogen (secondary N) is 2. The fourth-order valence-corrected chi connectivity index (χ4v) is 2.39. The molecule has 0 radical (unpaired) electrons. The lowest BCUT2D eigenvalue weighted by Crippen LogP contribution is -2.26. The molecule has 1 amide bonds. The molecule has 1 aromatic heterocycles. The van der Waals surface area contributed by atoms with Gasteiger partial charge in [0.2, 0.25) is 0 Å². The molecule has 0 aliphatic rings. The van der Waals surface area contributed by atoms with Gasteiger partial charge in [0.1, 0.15) is 0 Å². The summed E-state index contributed by atoms with van der Waals surface area (Å²) in [5, 5.41) is 7.68. The molecule has 1 aromatic carbocycles. The molecule has 0 saturated heterocycles. The Morgan fingerprint density at radius 2 is 1.96 bits per heavy atom. The topological polar surface area (TPSA) is 66.4 Å². The quantitative estimate of drug-likeness (QED) is 0.618. The standard InChI is InChI=1S/C16H16Cl2N4O/c1-2-11-5-3-4-6-15(11)20-10-16(23)22-21-7-12-13(17)8-19-9-14(12)18/h3-9,20H,2,10H2,1H3,(H,22,23)/b21-7+. The van der Waals surface area contributed by atoms with Crippen LogP contribution in [0.15, 0.2) is 41.8 Å². The lowest BCUT2D eigenvalue weighted by molar-refractivity contribution is -0.119. The van der Waals surface area contributed by atoms with Gasteiger partial charge in [-0.2, -0.15) is 5.10 Å². The highest BCUT2D eigenvalue weighted by Gasteiger charge is 2.05. The van der Waals surface area contributed by atoms with Crippen LogP contribution in [0, 0.1) is 0 Å². The number of aryl methyl sites for hydroxylation is 1. The molecule has 0 spiro atoms. The van der Waals surface area contributed by atoms with Crippen molar-refractivity contribution in [2.24, 2.45) is 5.10 Å². The Balaban J connectivity index is 1.89. The van der Waals surface area contributed by atoms with Crippen molar-refractivity contribution in [1.29, 1.82) is 0 Å². The van der Waals surface area contributed by atoms with Gasteiger partial charge in [-0.1, -0.05) is 48.3 Å². The Hall–Kier alpha value is -2.11. The van der Waals surface area contributed by atoms with Crippen LogP contribution in [0.4, 0.5) is 5.69 Å². The zero-order valence-corrected chi connectivity index (χ0v) is 14.0. The molecule has 0 atom stereocenters. The number of carbonyl (C=O) groups excluding carboxylic acids is 1. The zero-order valence-electron chi connectivity index (χ0n) is 12.5. The molecule has 23 heavy (non-hydrogen) atoms. The first-order chi connectivity index (χ1) is 11.1. The van der Waals surface area contributed by atoms with Crippen LogP contribution in [-0.4, -0.2) is 23.7 Å². The predicted octanol–water partition coefficient (Wildman–Crippen LogP) is 3.51. The van der Waals surface area contributed by atoms with Crippen LogP contribution in [0.25, 0.3) is 0 Å². The van der Waals surface area contributed by atoms with Crippen molar-refractivity contribution >= 4 is 41.0 Å². The Morgan fingerprint density at radius 1 is 1.26 bits per heavy atom. The van der Waals surface area contributed by atoms with Crippen molar-refractivity contribution in [3.8, 4) is 0 Å². The molecule has 7 heteroatoms. The summed E-state index contributed by atoms with van der Waals surface area (Å²) < 4.78 is 0. The third kappa shape index (κ3) is 4.94. The summed E-state index contributed by atoms with van der Waals surface area (Å²) in [6.07, 6.45) is 5.20. The first-order valence-corrected chi connectivity index (χ1v) is 7.80. The molecule has 2 N–H and O–H groups in total. The number of hydrogen-bond acceptors (Lipinski definition) is 4. The number of amides is 1. The second-order valence-corrected chi connectivity index (χ2v) is 5.49. The average molecular weight is 351 g/mol. The number of carbonyl (C=O) groups is 1. The minimum Gasteiger partial charge on any atom is -0.376 e. The van der Waals surface area contributed by atoms with Crippen molar-refractivity contribution < 1.29 is 4.79 Å². The van der Waals surface area contributed by atoms with Crippen LogP contribution in [0.2, 0.25) is 10.0 Å². The van der Waals surface area contributed by atoms with Crippen molar-refractivity contribution in [3.05, 3.63) is 57.8 Å². The van der Waals surface area contributed by atoms with Gasteiger partial charge < -0.3 is 5.32 Å². The highest BCUT2D eigenvalue weighted by Crippen LogP contribution is 2.20. The molecule has 2 aromatic rings. The SMILES string of the molecule is CCc1ccccc1NCC(=O)N/N=C/c1c(Cl)cncc1Cl. The summed E-state index contributed by atoms with van der Waals surface area (Å²) in [5.74, 6) is -0.270. The molecular formula is C16H16Cl2N4O. The van der Waals surface area contributed by atoms with Gasteiger partial charge in [0, 0.05) is 23.6 Å². The van der Waals surface area contributed by atoms with Crippen LogP contribution in [0.1, 0.15) is 18.1 Å². The number of anilines is 1. The minimum absolute atomic E-state index is 0.117. The minimum atomic E-state index is -0.270. The number of hydrogen-bond donors (Lipinski definition) is 2. The van der Waals surface area contributed by atoms with Crippen LogP contribution < -0.4 is 10.7 Å². The number of para-hydroxylation sites is 1.